The third-order valence-corrected chi connectivity index (χ3v) is 6.04. The Morgan fingerprint density at radius 1 is 1.41 bits per heavy atom. The fourth-order valence-corrected chi connectivity index (χ4v) is 4.87. The van der Waals surface area contributed by atoms with E-state index in [-0.39, 0.29) is 17.9 Å². The Labute approximate surface area is 138 Å². The summed E-state index contributed by atoms with van der Waals surface area (Å²) in [5.41, 5.74) is 7.70. The van der Waals surface area contributed by atoms with Gasteiger partial charge in [0.2, 0.25) is 5.91 Å². The molecule has 2 fully saturated rings. The van der Waals surface area contributed by atoms with Gasteiger partial charge in [-0.25, -0.2) is 0 Å². The maximum atomic E-state index is 12.5. The van der Waals surface area contributed by atoms with Crippen molar-refractivity contribution in [1.82, 2.24) is 0 Å². The van der Waals surface area contributed by atoms with Gasteiger partial charge in [-0.2, -0.15) is 0 Å². The average molecular weight is 341 g/mol. The smallest absolute Gasteiger partial charge is 0.229 e. The second kappa shape index (κ2) is 6.30. The van der Waals surface area contributed by atoms with E-state index in [1.54, 1.807) is 24.5 Å². The highest BCUT2D eigenvalue weighted by molar-refractivity contribution is 7.83. The molecule has 6 heteroatoms. The molecule has 5 unspecified atom stereocenters. The van der Waals surface area contributed by atoms with Crippen LogP contribution < -0.4 is 11.1 Å². The number of hydrogen-bond acceptors (Lipinski definition) is 3. The van der Waals surface area contributed by atoms with E-state index in [2.05, 4.69) is 5.32 Å². The molecule has 3 N–H and O–H groups in total. The third-order valence-electron chi connectivity index (χ3n) is 4.96. The number of amides is 1. The van der Waals surface area contributed by atoms with Crippen LogP contribution in [0.4, 0.5) is 5.69 Å². The predicted octanol–water partition coefficient (Wildman–Crippen LogP) is 2.53. The molecule has 1 aromatic carbocycles. The summed E-state index contributed by atoms with van der Waals surface area (Å²) in [7, 11) is -0.974. The maximum Gasteiger partial charge on any atom is 0.229 e. The van der Waals surface area contributed by atoms with E-state index in [9.17, 15) is 9.00 Å². The Balaban J connectivity index is 1.73. The fraction of sp³-hybridized carbons (Fsp3) is 0.562. The minimum atomic E-state index is -0.974. The molecule has 0 radical (unpaired) electrons. The Bertz CT molecular complexity index is 620. The summed E-state index contributed by atoms with van der Waals surface area (Å²) in [5, 5.41) is 3.54. The first-order valence-corrected chi connectivity index (χ1v) is 9.71. The molecular formula is C16H21ClN2O2S. The molecule has 0 aliphatic heterocycles. The van der Waals surface area contributed by atoms with Gasteiger partial charge in [0.15, 0.2) is 0 Å². The van der Waals surface area contributed by atoms with Crippen molar-refractivity contribution in [3.05, 3.63) is 28.8 Å². The molecule has 0 heterocycles. The minimum absolute atomic E-state index is 0.00518. The normalized spacial score (nSPS) is 31.2. The zero-order valence-corrected chi connectivity index (χ0v) is 14.1. The first-order valence-electron chi connectivity index (χ1n) is 7.60. The Morgan fingerprint density at radius 2 is 2.14 bits per heavy atom. The quantitative estimate of drug-likeness (QED) is 0.884. The van der Waals surface area contributed by atoms with E-state index in [0.29, 0.717) is 28.3 Å². The molecular weight excluding hydrogens is 320 g/mol. The largest absolute Gasteiger partial charge is 0.327 e. The second-order valence-electron chi connectivity index (χ2n) is 6.45. The number of rotatable bonds is 4. The number of nitrogens with one attached hydrogen (secondary N) is 1. The molecule has 1 amide bonds. The number of benzene rings is 1. The Kier molecular flexibility index (Phi) is 4.57. The van der Waals surface area contributed by atoms with Gasteiger partial charge in [0.05, 0.1) is 5.92 Å². The van der Waals surface area contributed by atoms with E-state index >= 15 is 0 Å². The van der Waals surface area contributed by atoms with E-state index in [1.165, 1.54) is 0 Å². The highest BCUT2D eigenvalue weighted by Crippen LogP contribution is 2.47. The van der Waals surface area contributed by atoms with E-state index in [0.717, 1.165) is 24.8 Å². The highest BCUT2D eigenvalue weighted by Gasteiger charge is 2.49. The van der Waals surface area contributed by atoms with Gasteiger partial charge in [0, 0.05) is 39.6 Å². The van der Waals surface area contributed by atoms with Crippen molar-refractivity contribution in [3.63, 3.8) is 0 Å². The van der Waals surface area contributed by atoms with Gasteiger partial charge >= 0.3 is 0 Å². The lowest BCUT2D eigenvalue weighted by molar-refractivity contribution is -0.121. The molecule has 0 saturated heterocycles. The molecule has 5 atom stereocenters. The molecule has 2 aliphatic rings. The summed E-state index contributed by atoms with van der Waals surface area (Å²) in [6.45, 7) is 0. The van der Waals surface area contributed by atoms with E-state index in [4.69, 9.17) is 17.3 Å². The standard InChI is InChI=1S/C16H21ClN2O2S/c1-22(21)8-11-7-12(4-5-13(11)17)19-16(20)14-9-2-3-10(6-9)15(14)18/h4-5,7,9-10,14-15H,2-3,6,8,18H2,1H3,(H,19,20). The van der Waals surface area contributed by atoms with Crippen LogP contribution in [0.1, 0.15) is 24.8 Å². The zero-order valence-electron chi connectivity index (χ0n) is 12.5. The van der Waals surface area contributed by atoms with E-state index < -0.39 is 10.8 Å². The molecule has 22 heavy (non-hydrogen) atoms. The van der Waals surface area contributed by atoms with Gasteiger partial charge in [0.1, 0.15) is 0 Å². The predicted molar refractivity (Wildman–Crippen MR) is 90.1 cm³/mol. The topological polar surface area (TPSA) is 72.2 Å². The summed E-state index contributed by atoms with van der Waals surface area (Å²) in [5.74, 6) is 1.23. The van der Waals surface area contributed by atoms with Gasteiger partial charge in [-0.15, -0.1) is 0 Å². The molecule has 1 aromatic rings. The van der Waals surface area contributed by atoms with Crippen LogP contribution in [0.25, 0.3) is 0 Å². The molecule has 0 spiro atoms. The Hall–Kier alpha value is -0.910. The lowest BCUT2D eigenvalue weighted by Gasteiger charge is -2.27. The first-order chi connectivity index (χ1) is 10.5. The van der Waals surface area contributed by atoms with Crippen LogP contribution in [0.2, 0.25) is 5.02 Å². The molecule has 3 rings (SSSR count). The summed E-state index contributed by atoms with van der Waals surface area (Å²) < 4.78 is 11.4. The zero-order chi connectivity index (χ0) is 15.9. The number of anilines is 1. The number of halogens is 1. The SMILES string of the molecule is CS(=O)Cc1cc(NC(=O)C2C3CCC(C3)C2N)ccc1Cl. The van der Waals surface area contributed by atoms with Gasteiger partial charge in [-0.1, -0.05) is 11.6 Å². The summed E-state index contributed by atoms with van der Waals surface area (Å²) in [6.07, 6.45) is 4.98. The lowest BCUT2D eigenvalue weighted by atomic mass is 9.84. The first kappa shape index (κ1) is 16.0. The van der Waals surface area contributed by atoms with Crippen LogP contribution >= 0.6 is 11.6 Å². The number of carbonyl (C=O) groups excluding carboxylic acids is 1. The molecule has 4 nitrogen and oxygen atoms in total. The van der Waals surface area contributed by atoms with Crippen molar-refractivity contribution >= 4 is 34.0 Å². The summed E-state index contributed by atoms with van der Waals surface area (Å²) >= 11 is 6.11. The van der Waals surface area contributed by atoms with Gasteiger partial charge in [0.25, 0.3) is 0 Å². The van der Waals surface area contributed by atoms with Gasteiger partial charge < -0.3 is 11.1 Å². The maximum absolute atomic E-state index is 12.5. The van der Waals surface area contributed by atoms with Crippen LogP contribution in [0.5, 0.6) is 0 Å². The van der Waals surface area contributed by atoms with Crippen molar-refractivity contribution in [3.8, 4) is 0 Å². The number of hydrogen-bond donors (Lipinski definition) is 2. The number of carbonyl (C=O) groups is 1. The van der Waals surface area contributed by atoms with Crippen LogP contribution in [-0.4, -0.2) is 22.4 Å². The van der Waals surface area contributed by atoms with Gasteiger partial charge in [-0.05, 0) is 54.9 Å². The van der Waals surface area contributed by atoms with Crippen molar-refractivity contribution in [2.45, 2.75) is 31.1 Å². The molecule has 120 valence electrons. The number of fused-ring (bicyclic) bond motifs is 2. The van der Waals surface area contributed by atoms with Crippen LogP contribution in [0.3, 0.4) is 0 Å². The van der Waals surface area contributed by atoms with Crippen LogP contribution in [0, 0.1) is 17.8 Å². The lowest BCUT2D eigenvalue weighted by Crippen LogP contribution is -2.42. The molecule has 2 aliphatic carbocycles. The monoisotopic (exact) mass is 340 g/mol. The van der Waals surface area contributed by atoms with E-state index in [1.807, 2.05) is 0 Å². The third kappa shape index (κ3) is 3.07. The average Bonchev–Trinajstić information content (AvgIpc) is 3.02. The van der Waals surface area contributed by atoms with Crippen molar-refractivity contribution in [1.29, 1.82) is 0 Å². The molecule has 2 saturated carbocycles. The van der Waals surface area contributed by atoms with Crippen molar-refractivity contribution in [2.24, 2.45) is 23.5 Å². The second-order valence-corrected chi connectivity index (χ2v) is 8.29. The van der Waals surface area contributed by atoms with Crippen molar-refractivity contribution in [2.75, 3.05) is 11.6 Å². The fourth-order valence-electron chi connectivity index (χ4n) is 3.93. The summed E-state index contributed by atoms with van der Waals surface area (Å²) in [4.78, 5) is 12.5. The molecule has 0 aromatic heterocycles. The number of nitrogens with two attached hydrogens (primary N) is 1. The van der Waals surface area contributed by atoms with Crippen LogP contribution in [-0.2, 0) is 21.3 Å². The minimum Gasteiger partial charge on any atom is -0.327 e. The highest BCUT2D eigenvalue weighted by atomic mass is 35.5. The summed E-state index contributed by atoms with van der Waals surface area (Å²) in [6, 6.07) is 5.30. The van der Waals surface area contributed by atoms with Crippen molar-refractivity contribution < 1.29 is 9.00 Å². The molecule has 2 bridgehead atoms. The van der Waals surface area contributed by atoms with Crippen LogP contribution in [0.15, 0.2) is 18.2 Å². The Morgan fingerprint density at radius 3 is 2.77 bits per heavy atom. The van der Waals surface area contributed by atoms with Gasteiger partial charge in [-0.3, -0.25) is 9.00 Å².